The largest absolute Gasteiger partial charge is 0.496 e. The van der Waals surface area contributed by atoms with Crippen molar-refractivity contribution in [2.75, 3.05) is 33.0 Å². The van der Waals surface area contributed by atoms with Gasteiger partial charge >= 0.3 is 0 Å². The molecule has 1 aliphatic rings. The number of ether oxygens (including phenoxy) is 1. The summed E-state index contributed by atoms with van der Waals surface area (Å²) in [6.45, 7) is 5.15. The lowest BCUT2D eigenvalue weighted by Gasteiger charge is -2.28. The van der Waals surface area contributed by atoms with E-state index in [1.54, 1.807) is 30.8 Å². The van der Waals surface area contributed by atoms with Gasteiger partial charge in [-0.15, -0.1) is 11.8 Å². The standard InChI is InChI=1S/C18H26N2O3S/c1-13(2)11-16(21)19(3)9-10-20-17(22)12-24-18(20)14-7-5-6-8-15(14)23-4/h5-8,13,18H,9-12H2,1-4H3/t18-/m0/s1. The van der Waals surface area contributed by atoms with Crippen LogP contribution >= 0.6 is 11.8 Å². The molecule has 0 bridgehead atoms. The fourth-order valence-electron chi connectivity index (χ4n) is 2.71. The van der Waals surface area contributed by atoms with Gasteiger partial charge in [0, 0.05) is 32.1 Å². The molecule has 2 amide bonds. The molecule has 0 spiro atoms. The zero-order valence-corrected chi connectivity index (χ0v) is 15.6. The van der Waals surface area contributed by atoms with Crippen LogP contribution in [0.1, 0.15) is 31.2 Å². The van der Waals surface area contributed by atoms with E-state index in [0.29, 0.717) is 31.2 Å². The molecular weight excluding hydrogens is 324 g/mol. The van der Waals surface area contributed by atoms with Crippen LogP contribution in [0.4, 0.5) is 0 Å². The van der Waals surface area contributed by atoms with Gasteiger partial charge in [0.2, 0.25) is 11.8 Å². The number of likely N-dealkylation sites (N-methyl/N-ethyl adjacent to an activating group) is 1. The highest BCUT2D eigenvalue weighted by atomic mass is 32.2. The third-order valence-corrected chi connectivity index (χ3v) is 5.30. The van der Waals surface area contributed by atoms with Crippen molar-refractivity contribution in [1.82, 2.24) is 9.80 Å². The smallest absolute Gasteiger partial charge is 0.233 e. The fourth-order valence-corrected chi connectivity index (χ4v) is 3.95. The third-order valence-electron chi connectivity index (χ3n) is 4.06. The van der Waals surface area contributed by atoms with Crippen LogP contribution in [-0.2, 0) is 9.59 Å². The molecular formula is C18H26N2O3S. The molecule has 0 radical (unpaired) electrons. The van der Waals surface area contributed by atoms with Crippen LogP contribution in [0.3, 0.4) is 0 Å². The number of amides is 2. The van der Waals surface area contributed by atoms with E-state index in [1.807, 2.05) is 43.0 Å². The fraction of sp³-hybridized carbons (Fsp3) is 0.556. The van der Waals surface area contributed by atoms with Gasteiger partial charge in [0.1, 0.15) is 11.1 Å². The summed E-state index contributed by atoms with van der Waals surface area (Å²) in [6.07, 6.45) is 0.537. The highest BCUT2D eigenvalue weighted by molar-refractivity contribution is 8.00. The van der Waals surface area contributed by atoms with Crippen LogP contribution in [-0.4, -0.2) is 54.6 Å². The minimum Gasteiger partial charge on any atom is -0.496 e. The molecule has 0 saturated carbocycles. The number of hydrogen-bond acceptors (Lipinski definition) is 4. The van der Waals surface area contributed by atoms with E-state index in [4.69, 9.17) is 4.74 Å². The van der Waals surface area contributed by atoms with E-state index >= 15 is 0 Å². The SMILES string of the molecule is COc1ccccc1[C@@H]1SCC(=O)N1CCN(C)C(=O)CC(C)C. The highest BCUT2D eigenvalue weighted by Gasteiger charge is 2.34. The van der Waals surface area contributed by atoms with Crippen molar-refractivity contribution in [3.8, 4) is 5.75 Å². The van der Waals surface area contributed by atoms with Crippen molar-refractivity contribution < 1.29 is 14.3 Å². The summed E-state index contributed by atoms with van der Waals surface area (Å²) in [4.78, 5) is 27.9. The summed E-state index contributed by atoms with van der Waals surface area (Å²) < 4.78 is 5.43. The highest BCUT2D eigenvalue weighted by Crippen LogP contribution is 2.42. The van der Waals surface area contributed by atoms with Crippen LogP contribution in [0.25, 0.3) is 0 Å². The summed E-state index contributed by atoms with van der Waals surface area (Å²) in [5.74, 6) is 1.83. The molecule has 1 aromatic rings. The predicted molar refractivity (Wildman–Crippen MR) is 97.0 cm³/mol. The van der Waals surface area contributed by atoms with Crippen molar-refractivity contribution >= 4 is 23.6 Å². The number of benzene rings is 1. The van der Waals surface area contributed by atoms with Gasteiger partial charge in [-0.1, -0.05) is 32.0 Å². The summed E-state index contributed by atoms with van der Waals surface area (Å²) >= 11 is 1.60. The van der Waals surface area contributed by atoms with Crippen molar-refractivity contribution in [2.24, 2.45) is 5.92 Å². The summed E-state index contributed by atoms with van der Waals surface area (Å²) in [6, 6.07) is 7.79. The molecule has 0 unspecified atom stereocenters. The number of hydrogen-bond donors (Lipinski definition) is 0. The van der Waals surface area contributed by atoms with Crippen molar-refractivity contribution in [2.45, 2.75) is 25.6 Å². The first-order valence-electron chi connectivity index (χ1n) is 8.22. The first-order chi connectivity index (χ1) is 11.4. The number of carbonyl (C=O) groups is 2. The molecule has 1 heterocycles. The van der Waals surface area contributed by atoms with Gasteiger partial charge in [-0.3, -0.25) is 9.59 Å². The maximum Gasteiger partial charge on any atom is 0.233 e. The van der Waals surface area contributed by atoms with E-state index in [9.17, 15) is 9.59 Å². The Labute approximate surface area is 148 Å². The lowest BCUT2D eigenvalue weighted by Crippen LogP contribution is -2.38. The first-order valence-corrected chi connectivity index (χ1v) is 9.26. The number of thioether (sulfide) groups is 1. The van der Waals surface area contributed by atoms with Crippen LogP contribution in [0.2, 0.25) is 0 Å². The average Bonchev–Trinajstić information content (AvgIpc) is 2.92. The molecule has 1 saturated heterocycles. The Balaban J connectivity index is 2.04. The Morgan fingerprint density at radius 3 is 2.79 bits per heavy atom. The minimum absolute atomic E-state index is 0.0535. The normalized spacial score (nSPS) is 17.5. The average molecular weight is 350 g/mol. The van der Waals surface area contributed by atoms with E-state index in [2.05, 4.69) is 0 Å². The third kappa shape index (κ3) is 4.44. The van der Waals surface area contributed by atoms with Gasteiger partial charge in [0.05, 0.1) is 12.9 Å². The molecule has 24 heavy (non-hydrogen) atoms. The second-order valence-corrected chi connectivity index (χ2v) is 7.47. The van der Waals surface area contributed by atoms with Gasteiger partial charge in [-0.25, -0.2) is 0 Å². The maximum atomic E-state index is 12.3. The second kappa shape index (κ2) is 8.42. The van der Waals surface area contributed by atoms with E-state index < -0.39 is 0 Å². The van der Waals surface area contributed by atoms with Crippen LogP contribution in [0.15, 0.2) is 24.3 Å². The van der Waals surface area contributed by atoms with Gasteiger partial charge in [-0.05, 0) is 12.0 Å². The Bertz CT molecular complexity index is 591. The first kappa shape index (κ1) is 18.6. The summed E-state index contributed by atoms with van der Waals surface area (Å²) in [5, 5.41) is -0.0535. The molecule has 1 aromatic carbocycles. The van der Waals surface area contributed by atoms with Crippen LogP contribution in [0.5, 0.6) is 5.75 Å². The molecule has 5 nitrogen and oxygen atoms in total. The number of carbonyl (C=O) groups excluding carboxylic acids is 2. The molecule has 0 N–H and O–H groups in total. The van der Waals surface area contributed by atoms with E-state index in [1.165, 1.54) is 0 Å². The number of methoxy groups -OCH3 is 1. The van der Waals surface area contributed by atoms with Gasteiger partial charge in [0.25, 0.3) is 0 Å². The van der Waals surface area contributed by atoms with Gasteiger partial charge in [-0.2, -0.15) is 0 Å². The molecule has 0 aliphatic carbocycles. The lowest BCUT2D eigenvalue weighted by atomic mass is 10.1. The lowest BCUT2D eigenvalue weighted by molar-refractivity contribution is -0.133. The van der Waals surface area contributed by atoms with E-state index in [-0.39, 0.29) is 17.2 Å². The molecule has 2 rings (SSSR count). The molecule has 1 atom stereocenters. The molecule has 1 fully saturated rings. The zero-order chi connectivity index (χ0) is 17.7. The Hall–Kier alpha value is -1.69. The zero-order valence-electron chi connectivity index (χ0n) is 14.8. The molecule has 1 aliphatic heterocycles. The van der Waals surface area contributed by atoms with Crippen LogP contribution in [0, 0.1) is 5.92 Å². The number of nitrogens with zero attached hydrogens (tertiary/aromatic N) is 2. The summed E-state index contributed by atoms with van der Waals surface area (Å²) in [7, 11) is 3.44. The number of rotatable bonds is 7. The Morgan fingerprint density at radius 2 is 2.12 bits per heavy atom. The van der Waals surface area contributed by atoms with Crippen molar-refractivity contribution in [1.29, 1.82) is 0 Å². The predicted octanol–water partition coefficient (Wildman–Crippen LogP) is 2.77. The van der Waals surface area contributed by atoms with E-state index in [0.717, 1.165) is 11.3 Å². The van der Waals surface area contributed by atoms with Gasteiger partial charge < -0.3 is 14.5 Å². The minimum atomic E-state index is -0.0535. The monoisotopic (exact) mass is 350 g/mol. The van der Waals surface area contributed by atoms with Crippen LogP contribution < -0.4 is 4.74 Å². The van der Waals surface area contributed by atoms with Crippen molar-refractivity contribution in [3.63, 3.8) is 0 Å². The Kier molecular flexibility index (Phi) is 6.54. The maximum absolute atomic E-state index is 12.3. The van der Waals surface area contributed by atoms with Crippen molar-refractivity contribution in [3.05, 3.63) is 29.8 Å². The Morgan fingerprint density at radius 1 is 1.42 bits per heavy atom. The number of para-hydroxylation sites is 1. The summed E-state index contributed by atoms with van der Waals surface area (Å²) in [5.41, 5.74) is 1.01. The molecule has 6 heteroatoms. The second-order valence-electron chi connectivity index (χ2n) is 6.41. The molecule has 0 aromatic heterocycles. The molecule has 132 valence electrons. The van der Waals surface area contributed by atoms with Gasteiger partial charge in [0.15, 0.2) is 0 Å². The quantitative estimate of drug-likeness (QED) is 0.759. The topological polar surface area (TPSA) is 49.9 Å².